The van der Waals surface area contributed by atoms with Crippen LogP contribution in [0, 0.1) is 0 Å². The lowest BCUT2D eigenvalue weighted by atomic mass is 10.4. The van der Waals surface area contributed by atoms with E-state index in [1.54, 1.807) is 19.6 Å². The second kappa shape index (κ2) is 10.6. The summed E-state index contributed by atoms with van der Waals surface area (Å²) in [6.45, 7) is 4.26. The number of nitrogens with zero attached hydrogens (tertiary/aromatic N) is 6. The van der Waals surface area contributed by atoms with Gasteiger partial charge in [-0.1, -0.05) is 6.92 Å². The van der Waals surface area contributed by atoms with Gasteiger partial charge in [0.2, 0.25) is 5.82 Å². The standard InChI is InChI=1S/C16H23N9O.HI/c1-3-14-23-20-11-25(14)9-8-19-16(17-2)18-7-6-13-21-15(24-22-13)12-5-4-10-26-12;/h4-5,10-11H,3,6-9H2,1-2H3,(H2,17,18,19)(H,21,22,24);1H. The maximum absolute atomic E-state index is 5.28. The van der Waals surface area contributed by atoms with Gasteiger partial charge in [0, 0.05) is 39.5 Å². The minimum absolute atomic E-state index is 0. The number of nitrogens with one attached hydrogen (secondary N) is 3. The molecule has 0 amide bonds. The summed E-state index contributed by atoms with van der Waals surface area (Å²) < 4.78 is 7.32. The van der Waals surface area contributed by atoms with E-state index >= 15 is 0 Å². The SMILES string of the molecule is CCc1nncn1CCNC(=NC)NCCc1nc(-c2ccco2)n[nH]1.I. The first-order chi connectivity index (χ1) is 12.8. The summed E-state index contributed by atoms with van der Waals surface area (Å²) in [4.78, 5) is 8.63. The highest BCUT2D eigenvalue weighted by Gasteiger charge is 2.08. The molecule has 0 bridgehead atoms. The molecule has 3 rings (SSSR count). The highest BCUT2D eigenvalue weighted by atomic mass is 127. The van der Waals surface area contributed by atoms with Gasteiger partial charge in [-0.3, -0.25) is 10.1 Å². The minimum Gasteiger partial charge on any atom is -0.461 e. The first-order valence-electron chi connectivity index (χ1n) is 8.56. The average Bonchev–Trinajstić information content (AvgIpc) is 3.40. The van der Waals surface area contributed by atoms with Crippen molar-refractivity contribution in [2.75, 3.05) is 20.1 Å². The Labute approximate surface area is 174 Å². The third-order valence-electron chi connectivity index (χ3n) is 3.81. The molecule has 3 heterocycles. The van der Waals surface area contributed by atoms with Crippen molar-refractivity contribution in [2.45, 2.75) is 26.3 Å². The third kappa shape index (κ3) is 5.77. The number of hydrogen-bond acceptors (Lipinski definition) is 6. The van der Waals surface area contributed by atoms with Gasteiger partial charge in [0.05, 0.1) is 6.26 Å². The fourth-order valence-electron chi connectivity index (χ4n) is 2.48. The van der Waals surface area contributed by atoms with E-state index in [1.165, 1.54) is 0 Å². The highest BCUT2D eigenvalue weighted by Crippen LogP contribution is 2.14. The number of aromatic nitrogens is 6. The average molecular weight is 485 g/mol. The second-order valence-electron chi connectivity index (χ2n) is 5.55. The monoisotopic (exact) mass is 485 g/mol. The lowest BCUT2D eigenvalue weighted by Gasteiger charge is -2.12. The Bertz CT molecular complexity index is 825. The summed E-state index contributed by atoms with van der Waals surface area (Å²) in [6.07, 6.45) is 4.91. The van der Waals surface area contributed by atoms with Gasteiger partial charge in [0.25, 0.3) is 0 Å². The van der Waals surface area contributed by atoms with Crippen LogP contribution in [0.2, 0.25) is 0 Å². The largest absolute Gasteiger partial charge is 0.461 e. The first-order valence-corrected chi connectivity index (χ1v) is 8.56. The van der Waals surface area contributed by atoms with Crippen molar-refractivity contribution in [2.24, 2.45) is 4.99 Å². The van der Waals surface area contributed by atoms with E-state index < -0.39 is 0 Å². The predicted octanol–water partition coefficient (Wildman–Crippen LogP) is 1.24. The Morgan fingerprint density at radius 1 is 1.33 bits per heavy atom. The number of rotatable bonds is 8. The lowest BCUT2D eigenvalue weighted by molar-refractivity contribution is 0.577. The molecule has 11 heteroatoms. The summed E-state index contributed by atoms with van der Waals surface area (Å²) in [7, 11) is 1.75. The van der Waals surface area contributed by atoms with E-state index in [2.05, 4.69) is 47.9 Å². The molecule has 0 aliphatic carbocycles. The zero-order chi connectivity index (χ0) is 18.2. The maximum Gasteiger partial charge on any atom is 0.216 e. The Kier molecular flexibility index (Phi) is 8.23. The molecule has 27 heavy (non-hydrogen) atoms. The van der Waals surface area contributed by atoms with Gasteiger partial charge in [-0.15, -0.1) is 34.2 Å². The Morgan fingerprint density at radius 3 is 2.93 bits per heavy atom. The van der Waals surface area contributed by atoms with E-state index in [4.69, 9.17) is 4.42 Å². The molecule has 0 saturated carbocycles. The van der Waals surface area contributed by atoms with Crippen LogP contribution in [-0.2, 0) is 19.4 Å². The van der Waals surface area contributed by atoms with E-state index in [0.717, 1.165) is 37.1 Å². The summed E-state index contributed by atoms with van der Waals surface area (Å²) in [5.74, 6) is 3.72. The molecular weight excluding hydrogens is 461 g/mol. The van der Waals surface area contributed by atoms with E-state index in [0.29, 0.717) is 24.6 Å². The Morgan fingerprint density at radius 2 is 2.19 bits per heavy atom. The Balaban J connectivity index is 0.00000261. The topological polar surface area (TPSA) is 122 Å². The van der Waals surface area contributed by atoms with Crippen LogP contribution >= 0.6 is 24.0 Å². The molecule has 3 N–H and O–H groups in total. The smallest absolute Gasteiger partial charge is 0.216 e. The molecule has 146 valence electrons. The number of aliphatic imine (C=N–C) groups is 1. The van der Waals surface area contributed by atoms with Crippen LogP contribution in [0.1, 0.15) is 18.6 Å². The molecule has 0 saturated heterocycles. The molecule has 0 aliphatic rings. The number of aromatic amines is 1. The van der Waals surface area contributed by atoms with Crippen LogP contribution in [0.5, 0.6) is 0 Å². The van der Waals surface area contributed by atoms with Gasteiger partial charge < -0.3 is 19.6 Å². The number of hydrogen-bond donors (Lipinski definition) is 3. The normalized spacial score (nSPS) is 11.3. The van der Waals surface area contributed by atoms with Crippen molar-refractivity contribution in [3.05, 3.63) is 36.4 Å². The van der Waals surface area contributed by atoms with Crippen molar-refractivity contribution >= 4 is 29.9 Å². The van der Waals surface area contributed by atoms with Gasteiger partial charge in [-0.2, -0.15) is 5.10 Å². The fourth-order valence-corrected chi connectivity index (χ4v) is 2.48. The van der Waals surface area contributed by atoms with Crippen molar-refractivity contribution in [1.82, 2.24) is 40.6 Å². The van der Waals surface area contributed by atoms with Gasteiger partial charge in [0.15, 0.2) is 11.7 Å². The zero-order valence-electron chi connectivity index (χ0n) is 15.3. The number of halogens is 1. The lowest BCUT2D eigenvalue weighted by Crippen LogP contribution is -2.39. The van der Waals surface area contributed by atoms with Gasteiger partial charge >= 0.3 is 0 Å². The van der Waals surface area contributed by atoms with E-state index in [9.17, 15) is 0 Å². The molecule has 3 aromatic heterocycles. The van der Waals surface area contributed by atoms with E-state index in [1.807, 2.05) is 16.7 Å². The second-order valence-corrected chi connectivity index (χ2v) is 5.55. The quantitative estimate of drug-likeness (QED) is 0.249. The summed E-state index contributed by atoms with van der Waals surface area (Å²) in [5, 5.41) is 21.6. The molecule has 3 aromatic rings. The van der Waals surface area contributed by atoms with Gasteiger partial charge in [-0.25, -0.2) is 4.98 Å². The van der Waals surface area contributed by atoms with Crippen LogP contribution < -0.4 is 10.6 Å². The molecule has 0 unspecified atom stereocenters. The molecule has 10 nitrogen and oxygen atoms in total. The molecule has 0 aliphatic heterocycles. The molecule has 0 atom stereocenters. The van der Waals surface area contributed by atoms with Crippen LogP contribution in [0.15, 0.2) is 34.1 Å². The number of H-pyrrole nitrogens is 1. The van der Waals surface area contributed by atoms with Crippen molar-refractivity contribution in [3.63, 3.8) is 0 Å². The molecular formula is C16H24IN9O. The van der Waals surface area contributed by atoms with E-state index in [-0.39, 0.29) is 24.0 Å². The minimum atomic E-state index is 0. The molecule has 0 radical (unpaired) electrons. The zero-order valence-corrected chi connectivity index (χ0v) is 17.7. The number of furan rings is 1. The number of guanidine groups is 1. The Hall–Kier alpha value is -2.44. The van der Waals surface area contributed by atoms with Gasteiger partial charge in [0.1, 0.15) is 18.0 Å². The molecule has 0 aromatic carbocycles. The molecule has 0 spiro atoms. The fraction of sp³-hybridized carbons (Fsp3) is 0.438. The van der Waals surface area contributed by atoms with Crippen LogP contribution in [0.25, 0.3) is 11.6 Å². The van der Waals surface area contributed by atoms with Crippen LogP contribution in [0.3, 0.4) is 0 Å². The van der Waals surface area contributed by atoms with Crippen molar-refractivity contribution in [3.8, 4) is 11.6 Å². The third-order valence-corrected chi connectivity index (χ3v) is 3.81. The summed E-state index contributed by atoms with van der Waals surface area (Å²) in [5.41, 5.74) is 0. The van der Waals surface area contributed by atoms with Crippen LogP contribution in [0.4, 0.5) is 0 Å². The first kappa shape index (κ1) is 20.9. The number of aryl methyl sites for hydroxylation is 1. The van der Waals surface area contributed by atoms with Gasteiger partial charge in [-0.05, 0) is 12.1 Å². The van der Waals surface area contributed by atoms with Crippen molar-refractivity contribution < 1.29 is 4.42 Å². The summed E-state index contributed by atoms with van der Waals surface area (Å²) in [6, 6.07) is 3.64. The maximum atomic E-state index is 5.28. The highest BCUT2D eigenvalue weighted by molar-refractivity contribution is 14.0. The van der Waals surface area contributed by atoms with Crippen molar-refractivity contribution in [1.29, 1.82) is 0 Å². The molecule has 0 fully saturated rings. The predicted molar refractivity (Wildman–Crippen MR) is 112 cm³/mol. The van der Waals surface area contributed by atoms with Crippen LogP contribution in [-0.4, -0.2) is 56.0 Å². The summed E-state index contributed by atoms with van der Waals surface area (Å²) >= 11 is 0.